The van der Waals surface area contributed by atoms with Crippen LogP contribution >= 0.6 is 0 Å². The molecular formula is C16H26N2O2. The molecule has 2 rings (SSSR count). The van der Waals surface area contributed by atoms with Gasteiger partial charge >= 0.3 is 0 Å². The third-order valence-electron chi connectivity index (χ3n) is 3.93. The van der Waals surface area contributed by atoms with Gasteiger partial charge in [0.1, 0.15) is 0 Å². The zero-order valence-electron chi connectivity index (χ0n) is 13.2. The van der Waals surface area contributed by atoms with E-state index in [1.54, 1.807) is 14.2 Å². The van der Waals surface area contributed by atoms with Crippen molar-refractivity contribution in [1.82, 2.24) is 10.2 Å². The Hall–Kier alpha value is -1.26. The maximum absolute atomic E-state index is 5.38. The lowest BCUT2D eigenvalue weighted by Crippen LogP contribution is -2.60. The normalized spacial score (nSPS) is 22.6. The number of hydrogen-bond donors (Lipinski definition) is 1. The van der Waals surface area contributed by atoms with Gasteiger partial charge in [0.15, 0.2) is 11.5 Å². The first kappa shape index (κ1) is 15.1. The largest absolute Gasteiger partial charge is 0.493 e. The second-order valence-electron chi connectivity index (χ2n) is 6.21. The summed E-state index contributed by atoms with van der Waals surface area (Å²) in [7, 11) is 3.34. The van der Waals surface area contributed by atoms with E-state index in [1.807, 2.05) is 6.07 Å². The second kappa shape index (κ2) is 6.02. The molecule has 1 heterocycles. The molecule has 1 unspecified atom stereocenters. The topological polar surface area (TPSA) is 33.7 Å². The highest BCUT2D eigenvalue weighted by molar-refractivity contribution is 5.42. The van der Waals surface area contributed by atoms with Crippen LogP contribution in [-0.2, 0) is 6.54 Å². The summed E-state index contributed by atoms with van der Waals surface area (Å²) in [5.41, 5.74) is 1.43. The maximum atomic E-state index is 5.38. The van der Waals surface area contributed by atoms with Crippen LogP contribution in [0.1, 0.15) is 26.3 Å². The lowest BCUT2D eigenvalue weighted by atomic mass is 9.98. The van der Waals surface area contributed by atoms with Crippen molar-refractivity contribution in [2.75, 3.05) is 27.3 Å². The molecule has 1 aromatic carbocycles. The zero-order chi connectivity index (χ0) is 14.8. The van der Waals surface area contributed by atoms with Crippen LogP contribution in [0.25, 0.3) is 0 Å². The van der Waals surface area contributed by atoms with Crippen LogP contribution in [0.3, 0.4) is 0 Å². The standard InChI is InChI=1S/C16H26N2O2/c1-12-9-17-16(2,3)11-18(12)10-13-6-7-14(19-4)15(8-13)20-5/h6-8,12,17H,9-11H2,1-5H3. The summed E-state index contributed by atoms with van der Waals surface area (Å²) < 4.78 is 10.7. The Morgan fingerprint density at radius 3 is 2.60 bits per heavy atom. The third kappa shape index (κ3) is 3.44. The summed E-state index contributed by atoms with van der Waals surface area (Å²) >= 11 is 0. The molecule has 4 nitrogen and oxygen atoms in total. The Morgan fingerprint density at radius 2 is 1.95 bits per heavy atom. The SMILES string of the molecule is COc1ccc(CN2CC(C)(C)NCC2C)cc1OC. The molecule has 1 fully saturated rings. The Balaban J connectivity index is 2.12. The van der Waals surface area contributed by atoms with Gasteiger partial charge in [-0.3, -0.25) is 4.90 Å². The first-order valence-electron chi connectivity index (χ1n) is 7.15. The van der Waals surface area contributed by atoms with E-state index in [1.165, 1.54) is 5.56 Å². The van der Waals surface area contributed by atoms with Crippen LogP contribution in [0.4, 0.5) is 0 Å². The van der Waals surface area contributed by atoms with Gasteiger partial charge < -0.3 is 14.8 Å². The van der Waals surface area contributed by atoms with Gasteiger partial charge in [0.05, 0.1) is 14.2 Å². The van der Waals surface area contributed by atoms with Crippen molar-refractivity contribution in [2.45, 2.75) is 38.9 Å². The van der Waals surface area contributed by atoms with Crippen LogP contribution < -0.4 is 14.8 Å². The van der Waals surface area contributed by atoms with Crippen molar-refractivity contribution in [3.05, 3.63) is 23.8 Å². The summed E-state index contributed by atoms with van der Waals surface area (Å²) in [6.45, 7) is 9.78. The van der Waals surface area contributed by atoms with E-state index in [-0.39, 0.29) is 5.54 Å². The van der Waals surface area contributed by atoms with Crippen LogP contribution in [0.5, 0.6) is 11.5 Å². The molecule has 0 aliphatic carbocycles. The van der Waals surface area contributed by atoms with Crippen molar-refractivity contribution in [3.8, 4) is 11.5 Å². The molecule has 0 radical (unpaired) electrons. The molecule has 112 valence electrons. The molecule has 4 heteroatoms. The molecule has 0 saturated carbocycles. The summed E-state index contributed by atoms with van der Waals surface area (Å²) in [4.78, 5) is 2.51. The van der Waals surface area contributed by atoms with Gasteiger partial charge in [-0.1, -0.05) is 6.07 Å². The van der Waals surface area contributed by atoms with Gasteiger partial charge in [-0.05, 0) is 38.5 Å². The van der Waals surface area contributed by atoms with E-state index in [2.05, 4.69) is 43.1 Å². The summed E-state index contributed by atoms with van der Waals surface area (Å²) in [5, 5.41) is 3.58. The fourth-order valence-corrected chi connectivity index (χ4v) is 2.70. The van der Waals surface area contributed by atoms with Crippen molar-refractivity contribution < 1.29 is 9.47 Å². The predicted molar refractivity (Wildman–Crippen MR) is 81.5 cm³/mol. The quantitative estimate of drug-likeness (QED) is 0.916. The van der Waals surface area contributed by atoms with Gasteiger partial charge in [0.2, 0.25) is 0 Å². The van der Waals surface area contributed by atoms with E-state index in [4.69, 9.17) is 9.47 Å². The average Bonchev–Trinajstić information content (AvgIpc) is 2.42. The molecule has 1 saturated heterocycles. The van der Waals surface area contributed by atoms with Crippen molar-refractivity contribution in [1.29, 1.82) is 0 Å². The molecule has 1 aromatic rings. The Morgan fingerprint density at radius 1 is 1.25 bits per heavy atom. The van der Waals surface area contributed by atoms with Crippen LogP contribution in [0.2, 0.25) is 0 Å². The second-order valence-corrected chi connectivity index (χ2v) is 6.21. The van der Waals surface area contributed by atoms with E-state index in [0.717, 1.165) is 31.1 Å². The first-order valence-corrected chi connectivity index (χ1v) is 7.15. The maximum Gasteiger partial charge on any atom is 0.161 e. The molecule has 0 bridgehead atoms. The summed E-state index contributed by atoms with van der Waals surface area (Å²) in [6, 6.07) is 6.70. The van der Waals surface area contributed by atoms with Gasteiger partial charge in [0.25, 0.3) is 0 Å². The van der Waals surface area contributed by atoms with E-state index < -0.39 is 0 Å². The number of methoxy groups -OCH3 is 2. The Kier molecular flexibility index (Phi) is 4.55. The highest BCUT2D eigenvalue weighted by atomic mass is 16.5. The highest BCUT2D eigenvalue weighted by Gasteiger charge is 2.30. The molecular weight excluding hydrogens is 252 g/mol. The van der Waals surface area contributed by atoms with Gasteiger partial charge in [0, 0.05) is 31.2 Å². The first-order chi connectivity index (χ1) is 9.45. The number of hydrogen-bond acceptors (Lipinski definition) is 4. The van der Waals surface area contributed by atoms with Gasteiger partial charge in [-0.2, -0.15) is 0 Å². The molecule has 0 aromatic heterocycles. The fourth-order valence-electron chi connectivity index (χ4n) is 2.70. The number of piperazine rings is 1. The number of nitrogens with zero attached hydrogens (tertiary/aromatic N) is 1. The van der Waals surface area contributed by atoms with Crippen molar-refractivity contribution in [2.24, 2.45) is 0 Å². The number of ether oxygens (including phenoxy) is 2. The van der Waals surface area contributed by atoms with E-state index in [9.17, 15) is 0 Å². The Labute approximate surface area is 122 Å². The van der Waals surface area contributed by atoms with E-state index >= 15 is 0 Å². The predicted octanol–water partition coefficient (Wildman–Crippen LogP) is 2.28. The molecule has 1 aliphatic heterocycles. The minimum Gasteiger partial charge on any atom is -0.493 e. The fraction of sp³-hybridized carbons (Fsp3) is 0.625. The highest BCUT2D eigenvalue weighted by Crippen LogP contribution is 2.28. The minimum absolute atomic E-state index is 0.170. The molecule has 1 N–H and O–H groups in total. The number of rotatable bonds is 4. The lowest BCUT2D eigenvalue weighted by molar-refractivity contribution is 0.0977. The summed E-state index contributed by atoms with van der Waals surface area (Å²) in [6.07, 6.45) is 0. The van der Waals surface area contributed by atoms with Crippen LogP contribution in [0.15, 0.2) is 18.2 Å². The molecule has 0 spiro atoms. The van der Waals surface area contributed by atoms with Gasteiger partial charge in [-0.25, -0.2) is 0 Å². The van der Waals surface area contributed by atoms with E-state index in [0.29, 0.717) is 6.04 Å². The number of nitrogens with one attached hydrogen (secondary N) is 1. The average molecular weight is 278 g/mol. The molecule has 1 aliphatic rings. The van der Waals surface area contributed by atoms with Gasteiger partial charge in [-0.15, -0.1) is 0 Å². The Bertz CT molecular complexity index is 460. The van der Waals surface area contributed by atoms with Crippen LogP contribution in [-0.4, -0.2) is 43.8 Å². The van der Waals surface area contributed by atoms with Crippen molar-refractivity contribution >= 4 is 0 Å². The third-order valence-corrected chi connectivity index (χ3v) is 3.93. The lowest BCUT2D eigenvalue weighted by Gasteiger charge is -2.43. The minimum atomic E-state index is 0.170. The zero-order valence-corrected chi connectivity index (χ0v) is 13.2. The monoisotopic (exact) mass is 278 g/mol. The van der Waals surface area contributed by atoms with Crippen LogP contribution in [0, 0.1) is 0 Å². The molecule has 0 amide bonds. The smallest absolute Gasteiger partial charge is 0.161 e. The molecule has 20 heavy (non-hydrogen) atoms. The number of benzene rings is 1. The van der Waals surface area contributed by atoms with Crippen molar-refractivity contribution in [3.63, 3.8) is 0 Å². The summed E-state index contributed by atoms with van der Waals surface area (Å²) in [5.74, 6) is 1.58. The molecule has 1 atom stereocenters.